The van der Waals surface area contributed by atoms with Crippen molar-refractivity contribution in [2.45, 2.75) is 20.3 Å². The smallest absolute Gasteiger partial charge is 0.320 e. The van der Waals surface area contributed by atoms with Crippen LogP contribution in [0.4, 0.5) is 0 Å². The van der Waals surface area contributed by atoms with Crippen molar-refractivity contribution in [3.63, 3.8) is 0 Å². The number of carboxylic acid groups (broad SMARTS) is 1. The molecule has 1 N–H and O–H groups in total. The predicted octanol–water partition coefficient (Wildman–Crippen LogP) is 0.677. The monoisotopic (exact) mass is 204 g/mol. The van der Waals surface area contributed by atoms with E-state index in [1.807, 2.05) is 0 Å². The molecular weight excluding hydrogens is 188 g/mol. The van der Waals surface area contributed by atoms with Crippen molar-refractivity contribution in [3.8, 4) is 0 Å². The highest BCUT2D eigenvalue weighted by Gasteiger charge is 2.26. The zero-order chi connectivity index (χ0) is 11.0. The second kappa shape index (κ2) is 7.32. The van der Waals surface area contributed by atoms with Crippen LogP contribution in [0.1, 0.15) is 20.3 Å². The largest absolute Gasteiger partial charge is 0.481 e. The number of carbonyl (C=O) groups excluding carboxylic acids is 1. The Hall–Kier alpha value is -1.10. The SMILES string of the molecule is CCOCCC(C(=O)O)C(=O)OCC. The average molecular weight is 204 g/mol. The Morgan fingerprint density at radius 3 is 2.36 bits per heavy atom. The van der Waals surface area contributed by atoms with E-state index in [1.165, 1.54) is 0 Å². The average Bonchev–Trinajstić information content (AvgIpc) is 2.12. The van der Waals surface area contributed by atoms with Gasteiger partial charge in [-0.2, -0.15) is 0 Å². The maximum atomic E-state index is 11.1. The van der Waals surface area contributed by atoms with Gasteiger partial charge >= 0.3 is 11.9 Å². The van der Waals surface area contributed by atoms with Crippen LogP contribution in [0.25, 0.3) is 0 Å². The van der Waals surface area contributed by atoms with Gasteiger partial charge in [-0.3, -0.25) is 9.59 Å². The quantitative estimate of drug-likeness (QED) is 0.375. The number of carbonyl (C=O) groups is 2. The molecule has 0 fully saturated rings. The standard InChI is InChI=1S/C9H16O5/c1-3-13-6-5-7(8(10)11)9(12)14-4-2/h7H,3-6H2,1-2H3,(H,10,11). The first-order chi connectivity index (χ1) is 6.63. The molecule has 0 aromatic heterocycles. The first kappa shape index (κ1) is 12.9. The normalized spacial score (nSPS) is 12.1. The summed E-state index contributed by atoms with van der Waals surface area (Å²) in [6.07, 6.45) is 0.155. The van der Waals surface area contributed by atoms with Gasteiger partial charge in [-0.15, -0.1) is 0 Å². The number of hydrogen-bond acceptors (Lipinski definition) is 4. The summed E-state index contributed by atoms with van der Waals surface area (Å²) in [5.41, 5.74) is 0. The van der Waals surface area contributed by atoms with E-state index in [0.717, 1.165) is 0 Å². The first-order valence-electron chi connectivity index (χ1n) is 4.60. The molecule has 0 radical (unpaired) electrons. The second-order valence-electron chi connectivity index (χ2n) is 2.63. The van der Waals surface area contributed by atoms with Crippen molar-refractivity contribution >= 4 is 11.9 Å². The number of ether oxygens (including phenoxy) is 2. The third kappa shape index (κ3) is 4.81. The maximum Gasteiger partial charge on any atom is 0.320 e. The molecule has 0 rings (SSSR count). The molecule has 1 atom stereocenters. The number of esters is 1. The van der Waals surface area contributed by atoms with Crippen LogP contribution in [0.3, 0.4) is 0 Å². The van der Waals surface area contributed by atoms with Crippen LogP contribution in [0, 0.1) is 5.92 Å². The van der Waals surface area contributed by atoms with Gasteiger partial charge in [0.25, 0.3) is 0 Å². The summed E-state index contributed by atoms with van der Waals surface area (Å²) in [6, 6.07) is 0. The van der Waals surface area contributed by atoms with Crippen LogP contribution >= 0.6 is 0 Å². The molecule has 5 heteroatoms. The molecule has 0 aromatic carbocycles. The Kier molecular flexibility index (Phi) is 6.74. The minimum absolute atomic E-state index is 0.155. The van der Waals surface area contributed by atoms with Gasteiger partial charge in [0.15, 0.2) is 5.92 Å². The highest BCUT2D eigenvalue weighted by molar-refractivity contribution is 5.93. The molecule has 0 aliphatic heterocycles. The molecule has 14 heavy (non-hydrogen) atoms. The Morgan fingerprint density at radius 2 is 1.93 bits per heavy atom. The van der Waals surface area contributed by atoms with Gasteiger partial charge in [0.2, 0.25) is 0 Å². The molecule has 1 unspecified atom stereocenters. The fourth-order valence-corrected chi connectivity index (χ4v) is 0.931. The van der Waals surface area contributed by atoms with E-state index in [0.29, 0.717) is 6.61 Å². The fraction of sp³-hybridized carbons (Fsp3) is 0.778. The molecule has 0 amide bonds. The number of hydrogen-bond donors (Lipinski definition) is 1. The van der Waals surface area contributed by atoms with E-state index < -0.39 is 17.9 Å². The highest BCUT2D eigenvalue weighted by Crippen LogP contribution is 2.06. The lowest BCUT2D eigenvalue weighted by molar-refractivity contribution is -0.159. The Morgan fingerprint density at radius 1 is 1.29 bits per heavy atom. The zero-order valence-corrected chi connectivity index (χ0v) is 8.49. The molecule has 0 saturated heterocycles. The van der Waals surface area contributed by atoms with E-state index in [1.54, 1.807) is 13.8 Å². The first-order valence-corrected chi connectivity index (χ1v) is 4.60. The molecule has 0 aromatic rings. The molecule has 0 aliphatic carbocycles. The van der Waals surface area contributed by atoms with E-state index in [2.05, 4.69) is 4.74 Å². The highest BCUT2D eigenvalue weighted by atomic mass is 16.5. The number of rotatable bonds is 7. The summed E-state index contributed by atoms with van der Waals surface area (Å²) in [5, 5.41) is 8.71. The van der Waals surface area contributed by atoms with Crippen LogP contribution < -0.4 is 0 Å². The lowest BCUT2D eigenvalue weighted by atomic mass is 10.1. The van der Waals surface area contributed by atoms with Gasteiger partial charge in [-0.1, -0.05) is 0 Å². The fourth-order valence-electron chi connectivity index (χ4n) is 0.931. The maximum absolute atomic E-state index is 11.1. The minimum Gasteiger partial charge on any atom is -0.481 e. The lowest BCUT2D eigenvalue weighted by Crippen LogP contribution is -2.27. The minimum atomic E-state index is -1.16. The van der Waals surface area contributed by atoms with E-state index in [9.17, 15) is 9.59 Å². The summed E-state index contributed by atoms with van der Waals surface area (Å²) < 4.78 is 9.59. The van der Waals surface area contributed by atoms with Gasteiger partial charge in [0.05, 0.1) is 6.61 Å². The predicted molar refractivity (Wildman–Crippen MR) is 48.9 cm³/mol. The van der Waals surface area contributed by atoms with Crippen molar-refractivity contribution in [1.82, 2.24) is 0 Å². The summed E-state index contributed by atoms with van der Waals surface area (Å²) in [6.45, 7) is 4.40. The van der Waals surface area contributed by atoms with Crippen LogP contribution in [0.15, 0.2) is 0 Å². The van der Waals surface area contributed by atoms with Gasteiger partial charge in [-0.05, 0) is 20.3 Å². The second-order valence-corrected chi connectivity index (χ2v) is 2.63. The van der Waals surface area contributed by atoms with Gasteiger partial charge in [0.1, 0.15) is 0 Å². The Bertz CT molecular complexity index is 190. The topological polar surface area (TPSA) is 72.8 Å². The summed E-state index contributed by atoms with van der Waals surface area (Å²) in [4.78, 5) is 21.8. The number of aliphatic carboxylic acids is 1. The van der Waals surface area contributed by atoms with Gasteiger partial charge in [0, 0.05) is 13.2 Å². The Balaban J connectivity index is 4.01. The molecule has 0 spiro atoms. The summed E-state index contributed by atoms with van der Waals surface area (Å²) in [7, 11) is 0. The molecule has 0 aliphatic rings. The van der Waals surface area contributed by atoms with Crippen molar-refractivity contribution in [2.75, 3.05) is 19.8 Å². The molecule has 0 saturated carbocycles. The molecule has 0 heterocycles. The molecular formula is C9H16O5. The molecule has 82 valence electrons. The summed E-state index contributed by atoms with van der Waals surface area (Å²) in [5.74, 6) is -2.97. The van der Waals surface area contributed by atoms with E-state index in [4.69, 9.17) is 9.84 Å². The van der Waals surface area contributed by atoms with E-state index >= 15 is 0 Å². The third-order valence-electron chi connectivity index (χ3n) is 1.62. The third-order valence-corrected chi connectivity index (χ3v) is 1.62. The van der Waals surface area contributed by atoms with Crippen LogP contribution in [-0.4, -0.2) is 36.9 Å². The molecule has 0 bridgehead atoms. The van der Waals surface area contributed by atoms with Gasteiger partial charge in [-0.25, -0.2) is 0 Å². The summed E-state index contributed by atoms with van der Waals surface area (Å²) >= 11 is 0. The van der Waals surface area contributed by atoms with E-state index in [-0.39, 0.29) is 19.6 Å². The van der Waals surface area contributed by atoms with Crippen LogP contribution in [0.5, 0.6) is 0 Å². The van der Waals surface area contributed by atoms with Crippen molar-refractivity contribution in [1.29, 1.82) is 0 Å². The Labute approximate surface area is 83.0 Å². The molecule has 5 nitrogen and oxygen atoms in total. The van der Waals surface area contributed by atoms with Gasteiger partial charge < -0.3 is 14.6 Å². The van der Waals surface area contributed by atoms with Crippen LogP contribution in [-0.2, 0) is 19.1 Å². The van der Waals surface area contributed by atoms with Crippen molar-refractivity contribution < 1.29 is 24.2 Å². The van der Waals surface area contributed by atoms with Crippen molar-refractivity contribution in [2.24, 2.45) is 5.92 Å². The number of carboxylic acids is 1. The zero-order valence-electron chi connectivity index (χ0n) is 8.49. The van der Waals surface area contributed by atoms with Crippen LogP contribution in [0.2, 0.25) is 0 Å². The van der Waals surface area contributed by atoms with Crippen molar-refractivity contribution in [3.05, 3.63) is 0 Å². The lowest BCUT2D eigenvalue weighted by Gasteiger charge is -2.10.